The number of aliphatic hydroxyl groups excluding tert-OH is 1. The molecule has 21 heavy (non-hydrogen) atoms. The van der Waals surface area contributed by atoms with E-state index in [-0.39, 0.29) is 6.10 Å². The standard InChI is InChI=1S/C13H12Cl2N2O2.C2H6/c1-7-16-17-12(19-7)13(5-9(18)6-13)8-2-3-10(14)11(15)4-8;1-2/h2-4,9,18H,5-6H2,1H3;1-2H3. The molecule has 1 heterocycles. The summed E-state index contributed by atoms with van der Waals surface area (Å²) in [4.78, 5) is 0. The van der Waals surface area contributed by atoms with Crippen molar-refractivity contribution in [3.05, 3.63) is 45.6 Å². The summed E-state index contributed by atoms with van der Waals surface area (Å²) in [5, 5.41) is 18.6. The molecule has 0 radical (unpaired) electrons. The third-order valence-electron chi connectivity index (χ3n) is 3.58. The molecule has 1 aromatic heterocycles. The minimum absolute atomic E-state index is 0.360. The SMILES string of the molecule is CC.Cc1nnc(C2(c3ccc(Cl)c(Cl)c3)CC(O)C2)o1. The highest BCUT2D eigenvalue weighted by Gasteiger charge is 2.50. The molecule has 6 heteroatoms. The first-order valence-corrected chi connectivity index (χ1v) is 7.71. The fraction of sp³-hybridized carbons (Fsp3) is 0.467. The first kappa shape index (κ1) is 16.3. The van der Waals surface area contributed by atoms with Gasteiger partial charge in [0.05, 0.1) is 21.6 Å². The summed E-state index contributed by atoms with van der Waals surface area (Å²) in [7, 11) is 0. The Hall–Kier alpha value is -1.10. The van der Waals surface area contributed by atoms with Crippen LogP contribution in [0, 0.1) is 6.92 Å². The summed E-state index contributed by atoms with van der Waals surface area (Å²) >= 11 is 12.0. The number of halogens is 2. The highest BCUT2D eigenvalue weighted by Crippen LogP contribution is 2.49. The van der Waals surface area contributed by atoms with Gasteiger partial charge in [-0.2, -0.15) is 0 Å². The van der Waals surface area contributed by atoms with Crippen LogP contribution in [0.3, 0.4) is 0 Å². The van der Waals surface area contributed by atoms with E-state index in [2.05, 4.69) is 10.2 Å². The maximum atomic E-state index is 9.69. The van der Waals surface area contributed by atoms with Crippen LogP contribution in [0.1, 0.15) is 44.0 Å². The molecule has 0 bridgehead atoms. The van der Waals surface area contributed by atoms with Crippen molar-refractivity contribution in [2.24, 2.45) is 0 Å². The van der Waals surface area contributed by atoms with E-state index in [9.17, 15) is 5.11 Å². The van der Waals surface area contributed by atoms with Gasteiger partial charge in [-0.05, 0) is 30.5 Å². The van der Waals surface area contributed by atoms with E-state index in [1.165, 1.54) is 0 Å². The molecule has 1 N–H and O–H groups in total. The van der Waals surface area contributed by atoms with Crippen LogP contribution in [0.5, 0.6) is 0 Å². The first-order valence-electron chi connectivity index (χ1n) is 6.95. The Morgan fingerprint density at radius 3 is 2.33 bits per heavy atom. The lowest BCUT2D eigenvalue weighted by atomic mass is 9.62. The molecule has 0 saturated heterocycles. The van der Waals surface area contributed by atoms with E-state index < -0.39 is 5.41 Å². The van der Waals surface area contributed by atoms with E-state index in [1.54, 1.807) is 19.1 Å². The van der Waals surface area contributed by atoms with E-state index in [0.717, 1.165) is 5.56 Å². The van der Waals surface area contributed by atoms with Crippen LogP contribution in [0.2, 0.25) is 10.0 Å². The van der Waals surface area contributed by atoms with Gasteiger partial charge in [0.2, 0.25) is 11.8 Å². The Balaban J connectivity index is 0.000000774. The maximum Gasteiger partial charge on any atom is 0.227 e. The Bertz CT molecular complexity index is 622. The Morgan fingerprint density at radius 2 is 1.86 bits per heavy atom. The molecule has 114 valence electrons. The Kier molecular flexibility index (Phi) is 4.91. The fourth-order valence-electron chi connectivity index (χ4n) is 2.56. The predicted molar refractivity (Wildman–Crippen MR) is 82.9 cm³/mol. The van der Waals surface area contributed by atoms with Crippen LogP contribution < -0.4 is 0 Å². The second-order valence-corrected chi connectivity index (χ2v) is 5.71. The van der Waals surface area contributed by atoms with Gasteiger partial charge in [0.15, 0.2) is 0 Å². The van der Waals surface area contributed by atoms with Gasteiger partial charge in [-0.15, -0.1) is 10.2 Å². The molecule has 4 nitrogen and oxygen atoms in total. The van der Waals surface area contributed by atoms with Gasteiger partial charge in [-0.25, -0.2) is 0 Å². The second-order valence-electron chi connectivity index (χ2n) is 4.90. The molecule has 1 saturated carbocycles. The number of hydrogen-bond donors (Lipinski definition) is 1. The van der Waals surface area contributed by atoms with Gasteiger partial charge in [0, 0.05) is 6.92 Å². The number of rotatable bonds is 2. The van der Waals surface area contributed by atoms with E-state index in [4.69, 9.17) is 27.6 Å². The zero-order valence-corrected chi connectivity index (χ0v) is 13.7. The quantitative estimate of drug-likeness (QED) is 0.899. The van der Waals surface area contributed by atoms with Crippen molar-refractivity contribution in [1.29, 1.82) is 0 Å². The van der Waals surface area contributed by atoms with E-state index in [0.29, 0.717) is 34.7 Å². The molecule has 0 atom stereocenters. The fourth-order valence-corrected chi connectivity index (χ4v) is 2.86. The van der Waals surface area contributed by atoms with Gasteiger partial charge in [0.25, 0.3) is 0 Å². The minimum atomic E-state index is -0.449. The molecule has 0 spiro atoms. The van der Waals surface area contributed by atoms with Gasteiger partial charge < -0.3 is 9.52 Å². The van der Waals surface area contributed by atoms with Gasteiger partial charge >= 0.3 is 0 Å². The summed E-state index contributed by atoms with van der Waals surface area (Å²) in [5.41, 5.74) is 0.491. The molecule has 3 rings (SSSR count). The zero-order chi connectivity index (χ0) is 15.6. The predicted octanol–water partition coefficient (Wildman–Crippen LogP) is 4.15. The smallest absolute Gasteiger partial charge is 0.227 e. The zero-order valence-electron chi connectivity index (χ0n) is 12.2. The number of benzene rings is 1. The lowest BCUT2D eigenvalue weighted by molar-refractivity contribution is 0.0246. The maximum absolute atomic E-state index is 9.69. The van der Waals surface area contributed by atoms with Crippen LogP contribution in [-0.4, -0.2) is 21.4 Å². The monoisotopic (exact) mass is 328 g/mol. The van der Waals surface area contributed by atoms with Crippen LogP contribution >= 0.6 is 23.2 Å². The Labute approximate surface area is 134 Å². The molecule has 0 amide bonds. The number of aliphatic hydroxyl groups is 1. The molecule has 1 aliphatic carbocycles. The van der Waals surface area contributed by atoms with Crippen LogP contribution in [0.4, 0.5) is 0 Å². The molecule has 2 aromatic rings. The molecular weight excluding hydrogens is 311 g/mol. The molecule has 0 unspecified atom stereocenters. The highest BCUT2D eigenvalue weighted by molar-refractivity contribution is 6.42. The van der Waals surface area contributed by atoms with E-state index in [1.807, 2.05) is 19.9 Å². The Morgan fingerprint density at radius 1 is 1.19 bits per heavy atom. The lowest BCUT2D eigenvalue weighted by Crippen LogP contribution is -2.45. The van der Waals surface area contributed by atoms with Gasteiger partial charge in [-0.3, -0.25) is 0 Å². The highest BCUT2D eigenvalue weighted by atomic mass is 35.5. The summed E-state index contributed by atoms with van der Waals surface area (Å²) in [6.45, 7) is 5.74. The minimum Gasteiger partial charge on any atom is -0.425 e. The molecule has 1 fully saturated rings. The average Bonchev–Trinajstić information content (AvgIpc) is 2.87. The van der Waals surface area contributed by atoms with Crippen molar-refractivity contribution in [3.63, 3.8) is 0 Å². The van der Waals surface area contributed by atoms with Crippen molar-refractivity contribution in [2.45, 2.75) is 45.1 Å². The number of hydrogen-bond acceptors (Lipinski definition) is 4. The lowest BCUT2D eigenvalue weighted by Gasteiger charge is -2.43. The van der Waals surface area contributed by atoms with Crippen molar-refractivity contribution >= 4 is 23.2 Å². The van der Waals surface area contributed by atoms with E-state index >= 15 is 0 Å². The van der Waals surface area contributed by atoms with Gasteiger partial charge in [0.1, 0.15) is 0 Å². The van der Waals surface area contributed by atoms with Crippen LogP contribution in [-0.2, 0) is 5.41 Å². The summed E-state index contributed by atoms with van der Waals surface area (Å²) in [5.74, 6) is 1.03. The third kappa shape index (κ3) is 2.93. The van der Waals surface area contributed by atoms with Crippen LogP contribution in [0.15, 0.2) is 22.6 Å². The van der Waals surface area contributed by atoms with Crippen molar-refractivity contribution in [1.82, 2.24) is 10.2 Å². The van der Waals surface area contributed by atoms with Crippen molar-refractivity contribution in [3.8, 4) is 0 Å². The van der Waals surface area contributed by atoms with Crippen molar-refractivity contribution in [2.75, 3.05) is 0 Å². The molecular formula is C15H18Cl2N2O2. The first-order chi connectivity index (χ1) is 10.0. The second kappa shape index (κ2) is 6.34. The van der Waals surface area contributed by atoms with Crippen molar-refractivity contribution < 1.29 is 9.52 Å². The number of aromatic nitrogens is 2. The topological polar surface area (TPSA) is 59.2 Å². The largest absolute Gasteiger partial charge is 0.425 e. The number of aryl methyl sites for hydroxylation is 1. The average molecular weight is 329 g/mol. The normalized spacial score (nSPS) is 24.0. The molecule has 1 aromatic carbocycles. The number of nitrogens with zero attached hydrogens (tertiary/aromatic N) is 2. The summed E-state index contributed by atoms with van der Waals surface area (Å²) in [6, 6.07) is 5.43. The summed E-state index contributed by atoms with van der Waals surface area (Å²) < 4.78 is 5.55. The van der Waals surface area contributed by atoms with Crippen LogP contribution in [0.25, 0.3) is 0 Å². The third-order valence-corrected chi connectivity index (χ3v) is 4.31. The van der Waals surface area contributed by atoms with Gasteiger partial charge in [-0.1, -0.05) is 43.1 Å². The summed E-state index contributed by atoms with van der Waals surface area (Å²) in [6.07, 6.45) is 0.737. The molecule has 1 aliphatic rings. The molecule has 0 aliphatic heterocycles.